The van der Waals surface area contributed by atoms with Crippen molar-refractivity contribution in [2.24, 2.45) is 0 Å². The third-order valence-corrected chi connectivity index (χ3v) is 5.19. The average molecular weight is 304 g/mol. The zero-order valence-electron chi connectivity index (χ0n) is 9.54. The van der Waals surface area contributed by atoms with Crippen molar-refractivity contribution in [2.75, 3.05) is 0 Å². The van der Waals surface area contributed by atoms with Crippen LogP contribution in [0.1, 0.15) is 5.56 Å². The van der Waals surface area contributed by atoms with Gasteiger partial charge in [0.05, 0.1) is 0 Å². The zero-order valence-corrected chi connectivity index (χ0v) is 11.2. The number of hydrogen-bond acceptors (Lipinski definition) is 2. The summed E-state index contributed by atoms with van der Waals surface area (Å²) in [7, 11) is 0. The van der Waals surface area contributed by atoms with Gasteiger partial charge in [0.15, 0.2) is 0 Å². The summed E-state index contributed by atoms with van der Waals surface area (Å²) >= 11 is -0.131. The molecular weight excluding hydrogens is 293 g/mol. The van der Waals surface area contributed by atoms with Gasteiger partial charge in [-0.3, -0.25) is 0 Å². The quantitative estimate of drug-likeness (QED) is 0.734. The molecule has 4 heteroatoms. The predicted molar refractivity (Wildman–Crippen MR) is 72.4 cm³/mol. The van der Waals surface area contributed by atoms with Gasteiger partial charge in [-0.15, -0.1) is 0 Å². The number of fused-ring (bicyclic) bond motifs is 1. The first-order chi connectivity index (χ1) is 8.75. The van der Waals surface area contributed by atoms with Crippen molar-refractivity contribution in [1.29, 1.82) is 0 Å². The molecule has 3 nitrogen and oxygen atoms in total. The summed E-state index contributed by atoms with van der Waals surface area (Å²) in [4.78, 5) is 12.2. The van der Waals surface area contributed by atoms with E-state index in [1.807, 2.05) is 33.9 Å². The van der Waals surface area contributed by atoms with Crippen molar-refractivity contribution in [1.82, 2.24) is 3.56 Å². The Kier molecular flexibility index (Phi) is 2.82. The third-order valence-electron chi connectivity index (χ3n) is 2.82. The molecule has 90 valence electrons. The number of phenolic OH excluding ortho intramolecular Hbond substituents is 1. The topological polar surface area (TPSA) is 42.2 Å². The number of rotatable bonds is 2. The van der Waals surface area contributed by atoms with E-state index in [9.17, 15) is 9.90 Å². The van der Waals surface area contributed by atoms with Crippen LogP contribution in [0.4, 0.5) is 0 Å². The number of phenols is 1. The minimum absolute atomic E-state index is 0.0183. The van der Waals surface area contributed by atoms with Crippen LogP contribution in [-0.4, -0.2) is 23.4 Å². The van der Waals surface area contributed by atoms with Crippen LogP contribution in [-0.2, 0) is 6.54 Å². The van der Waals surface area contributed by atoms with Gasteiger partial charge in [0.2, 0.25) is 0 Å². The first kappa shape index (κ1) is 11.3. The molecule has 0 fully saturated rings. The van der Waals surface area contributed by atoms with E-state index in [4.69, 9.17) is 0 Å². The van der Waals surface area contributed by atoms with E-state index in [1.54, 1.807) is 18.2 Å². The van der Waals surface area contributed by atoms with Crippen molar-refractivity contribution in [2.45, 2.75) is 6.54 Å². The van der Waals surface area contributed by atoms with Crippen LogP contribution >= 0.6 is 0 Å². The Morgan fingerprint density at radius 3 is 2.56 bits per heavy atom. The molecule has 2 aromatic carbocycles. The van der Waals surface area contributed by atoms with Crippen LogP contribution in [0.3, 0.4) is 0 Å². The molecule has 0 spiro atoms. The van der Waals surface area contributed by atoms with E-state index >= 15 is 0 Å². The molecule has 0 aliphatic carbocycles. The first-order valence-corrected chi connectivity index (χ1v) is 7.24. The third kappa shape index (κ3) is 1.90. The second kappa shape index (κ2) is 4.48. The fraction of sp³-hybridized carbons (Fsp3) is 0.0714. The molecule has 0 amide bonds. The van der Waals surface area contributed by atoms with Gasteiger partial charge in [0.25, 0.3) is 0 Å². The Labute approximate surface area is 110 Å². The average Bonchev–Trinajstić information content (AvgIpc) is 2.70. The van der Waals surface area contributed by atoms with Crippen LogP contribution in [0.5, 0.6) is 5.75 Å². The van der Waals surface area contributed by atoms with E-state index in [-0.39, 0.29) is 26.0 Å². The Morgan fingerprint density at radius 2 is 1.83 bits per heavy atom. The maximum atomic E-state index is 12.2. The summed E-state index contributed by atoms with van der Waals surface area (Å²) in [5, 5.41) is 10.4. The fourth-order valence-corrected chi connectivity index (χ4v) is 4.09. The molecule has 0 unspecified atom stereocenters. The molecule has 0 radical (unpaired) electrons. The Hall–Kier alpha value is -1.77. The van der Waals surface area contributed by atoms with Gasteiger partial charge in [-0.2, -0.15) is 0 Å². The molecule has 0 saturated carbocycles. The van der Waals surface area contributed by atoms with E-state index in [0.717, 1.165) is 9.82 Å². The first-order valence-electron chi connectivity index (χ1n) is 5.61. The van der Waals surface area contributed by atoms with E-state index in [1.165, 1.54) is 0 Å². The van der Waals surface area contributed by atoms with E-state index in [0.29, 0.717) is 11.9 Å². The van der Waals surface area contributed by atoms with Gasteiger partial charge in [-0.25, -0.2) is 0 Å². The summed E-state index contributed by atoms with van der Waals surface area (Å²) < 4.78 is 2.61. The summed E-state index contributed by atoms with van der Waals surface area (Å²) in [6.45, 7) is 0.605. The molecule has 0 bridgehead atoms. The van der Waals surface area contributed by atoms with Gasteiger partial charge in [0, 0.05) is 0 Å². The van der Waals surface area contributed by atoms with E-state index < -0.39 is 0 Å². The summed E-state index contributed by atoms with van der Waals surface area (Å²) in [6.07, 6.45) is 0. The molecule has 0 aliphatic rings. The molecular formula is C14H11NO2Se. The number of aromatic nitrogens is 1. The molecule has 1 N–H and O–H groups in total. The van der Waals surface area contributed by atoms with Gasteiger partial charge in [0.1, 0.15) is 0 Å². The van der Waals surface area contributed by atoms with Crippen molar-refractivity contribution in [3.63, 3.8) is 0 Å². The second-order valence-electron chi connectivity index (χ2n) is 4.07. The maximum absolute atomic E-state index is 12.2. The molecule has 0 saturated heterocycles. The number of hydrogen-bond donors (Lipinski definition) is 1. The van der Waals surface area contributed by atoms with Gasteiger partial charge >= 0.3 is 110 Å². The molecule has 18 heavy (non-hydrogen) atoms. The molecule has 0 atom stereocenters. The molecule has 0 aliphatic heterocycles. The van der Waals surface area contributed by atoms with Crippen molar-refractivity contribution >= 4 is 24.4 Å². The van der Waals surface area contributed by atoms with Crippen LogP contribution in [0.15, 0.2) is 53.3 Å². The number of aromatic hydroxyl groups is 1. The Bertz CT molecular complexity index is 743. The predicted octanol–water partition coefficient (Wildman–Crippen LogP) is 1.81. The molecule has 1 aromatic heterocycles. The SMILES string of the molecule is O=c1c2cccc(O)c2[se]n1Cc1ccccc1. The van der Waals surface area contributed by atoms with Crippen molar-refractivity contribution in [3.05, 3.63) is 64.4 Å². The summed E-state index contributed by atoms with van der Waals surface area (Å²) in [5.41, 5.74) is 1.13. The second-order valence-corrected chi connectivity index (χ2v) is 6.24. The summed E-state index contributed by atoms with van der Waals surface area (Å²) in [6, 6.07) is 15.0. The summed E-state index contributed by atoms with van der Waals surface area (Å²) in [5.74, 6) is 0.233. The van der Waals surface area contributed by atoms with Crippen LogP contribution in [0.25, 0.3) is 9.65 Å². The van der Waals surface area contributed by atoms with Crippen molar-refractivity contribution < 1.29 is 5.11 Å². The number of benzene rings is 2. The molecule has 3 rings (SSSR count). The monoisotopic (exact) mass is 305 g/mol. The zero-order chi connectivity index (χ0) is 12.5. The van der Waals surface area contributed by atoms with Crippen LogP contribution < -0.4 is 5.56 Å². The number of nitrogens with zero attached hydrogens (tertiary/aromatic N) is 1. The standard InChI is InChI=1S/C14H11NO2Se/c16-12-8-4-7-11-13(12)18-15(14(11)17)9-10-5-2-1-3-6-10/h1-8,16H,9H2. The van der Waals surface area contributed by atoms with Gasteiger partial charge in [-0.05, 0) is 0 Å². The minimum atomic E-state index is -0.131. The van der Waals surface area contributed by atoms with Crippen LogP contribution in [0.2, 0.25) is 0 Å². The van der Waals surface area contributed by atoms with Gasteiger partial charge in [-0.1, -0.05) is 0 Å². The molecule has 3 aromatic rings. The Balaban J connectivity index is 2.11. The normalized spacial score (nSPS) is 10.9. The van der Waals surface area contributed by atoms with Gasteiger partial charge < -0.3 is 0 Å². The van der Waals surface area contributed by atoms with E-state index in [2.05, 4.69) is 0 Å². The van der Waals surface area contributed by atoms with Crippen LogP contribution in [0, 0.1) is 0 Å². The van der Waals surface area contributed by atoms with Crippen molar-refractivity contribution in [3.8, 4) is 5.75 Å². The fourth-order valence-electron chi connectivity index (χ4n) is 1.93. The Morgan fingerprint density at radius 1 is 1.06 bits per heavy atom. The molecule has 1 heterocycles.